The molecule has 2 heterocycles. The van der Waals surface area contributed by atoms with Gasteiger partial charge < -0.3 is 9.15 Å². The SMILES string of the molecule is CC(OC(=O)c1ccc2ncoc2c1)C(=O)Nc1nccs1. The fourth-order valence-electron chi connectivity index (χ4n) is 1.76. The van der Waals surface area contributed by atoms with E-state index in [1.165, 1.54) is 30.7 Å². The van der Waals surface area contributed by atoms with Crippen LogP contribution in [0.1, 0.15) is 17.3 Å². The smallest absolute Gasteiger partial charge is 0.339 e. The van der Waals surface area contributed by atoms with Crippen LogP contribution in [-0.4, -0.2) is 27.9 Å². The first-order valence-corrected chi connectivity index (χ1v) is 7.26. The number of benzene rings is 1. The first-order valence-electron chi connectivity index (χ1n) is 6.38. The van der Waals surface area contributed by atoms with Gasteiger partial charge in [0.05, 0.1) is 5.56 Å². The van der Waals surface area contributed by atoms with E-state index in [2.05, 4.69) is 15.3 Å². The first-order chi connectivity index (χ1) is 10.6. The maximum atomic E-state index is 12.1. The molecule has 0 spiro atoms. The highest BCUT2D eigenvalue weighted by Gasteiger charge is 2.20. The van der Waals surface area contributed by atoms with Crippen LogP contribution in [0.2, 0.25) is 0 Å². The molecular weight excluding hydrogens is 306 g/mol. The lowest BCUT2D eigenvalue weighted by Gasteiger charge is -2.12. The average Bonchev–Trinajstić information content (AvgIpc) is 3.16. The number of amides is 1. The number of nitrogens with zero attached hydrogens (tertiary/aromatic N) is 2. The molecule has 0 saturated heterocycles. The van der Waals surface area contributed by atoms with Gasteiger partial charge in [-0.2, -0.15) is 0 Å². The minimum atomic E-state index is -0.943. The van der Waals surface area contributed by atoms with Crippen LogP contribution in [0, 0.1) is 0 Å². The number of hydrogen-bond donors (Lipinski definition) is 1. The summed E-state index contributed by atoms with van der Waals surface area (Å²) < 4.78 is 10.3. The van der Waals surface area contributed by atoms with E-state index in [4.69, 9.17) is 9.15 Å². The molecule has 1 unspecified atom stereocenters. The molecule has 22 heavy (non-hydrogen) atoms. The number of oxazole rings is 1. The second-order valence-electron chi connectivity index (χ2n) is 4.41. The Morgan fingerprint density at radius 1 is 1.36 bits per heavy atom. The lowest BCUT2D eigenvalue weighted by atomic mass is 10.2. The number of carbonyl (C=O) groups excluding carboxylic acids is 2. The molecule has 0 radical (unpaired) electrons. The van der Waals surface area contributed by atoms with Crippen LogP contribution in [0.15, 0.2) is 40.6 Å². The van der Waals surface area contributed by atoms with Crippen molar-refractivity contribution in [1.82, 2.24) is 9.97 Å². The van der Waals surface area contributed by atoms with Crippen molar-refractivity contribution < 1.29 is 18.7 Å². The first kappa shape index (κ1) is 14.2. The van der Waals surface area contributed by atoms with Crippen LogP contribution in [0.5, 0.6) is 0 Å². The molecular formula is C14H11N3O4S. The highest BCUT2D eigenvalue weighted by atomic mass is 32.1. The number of aromatic nitrogens is 2. The van der Waals surface area contributed by atoms with Crippen LogP contribution < -0.4 is 5.32 Å². The van der Waals surface area contributed by atoms with Crippen molar-refractivity contribution in [2.24, 2.45) is 0 Å². The quantitative estimate of drug-likeness (QED) is 0.743. The number of rotatable bonds is 4. The number of hydrogen-bond acceptors (Lipinski definition) is 7. The van der Waals surface area contributed by atoms with Gasteiger partial charge in [0, 0.05) is 11.6 Å². The summed E-state index contributed by atoms with van der Waals surface area (Å²) >= 11 is 1.28. The Morgan fingerprint density at radius 3 is 3.00 bits per heavy atom. The van der Waals surface area contributed by atoms with Gasteiger partial charge >= 0.3 is 5.97 Å². The van der Waals surface area contributed by atoms with Gasteiger partial charge in [-0.05, 0) is 25.1 Å². The molecule has 1 atom stereocenters. The van der Waals surface area contributed by atoms with Crippen LogP contribution in [0.25, 0.3) is 11.1 Å². The number of esters is 1. The zero-order valence-electron chi connectivity index (χ0n) is 11.5. The molecule has 8 heteroatoms. The summed E-state index contributed by atoms with van der Waals surface area (Å²) in [7, 11) is 0. The number of nitrogens with one attached hydrogen (secondary N) is 1. The molecule has 112 valence electrons. The summed E-state index contributed by atoms with van der Waals surface area (Å²) in [5.74, 6) is -1.05. The predicted octanol–water partition coefficient (Wildman–Crippen LogP) is 2.47. The van der Waals surface area contributed by atoms with E-state index in [1.807, 2.05) is 0 Å². The monoisotopic (exact) mass is 317 g/mol. The van der Waals surface area contributed by atoms with E-state index >= 15 is 0 Å². The molecule has 0 aliphatic heterocycles. The molecule has 0 saturated carbocycles. The zero-order chi connectivity index (χ0) is 15.5. The fraction of sp³-hybridized carbons (Fsp3) is 0.143. The van der Waals surface area contributed by atoms with Gasteiger partial charge in [0.2, 0.25) is 0 Å². The maximum absolute atomic E-state index is 12.1. The maximum Gasteiger partial charge on any atom is 0.339 e. The Bertz CT molecular complexity index is 812. The molecule has 0 aliphatic rings. The number of anilines is 1. The van der Waals surface area contributed by atoms with Gasteiger partial charge in [0.15, 0.2) is 23.2 Å². The van der Waals surface area contributed by atoms with Crippen LogP contribution in [-0.2, 0) is 9.53 Å². The van der Waals surface area contributed by atoms with Gasteiger partial charge in [-0.25, -0.2) is 14.8 Å². The normalized spacial score (nSPS) is 12.0. The number of ether oxygens (including phenoxy) is 1. The molecule has 0 aliphatic carbocycles. The van der Waals surface area contributed by atoms with Crippen molar-refractivity contribution in [2.45, 2.75) is 13.0 Å². The van der Waals surface area contributed by atoms with Gasteiger partial charge in [0.1, 0.15) is 5.52 Å². The summed E-state index contributed by atoms with van der Waals surface area (Å²) in [6, 6.07) is 4.74. The summed E-state index contributed by atoms with van der Waals surface area (Å²) in [6.45, 7) is 1.49. The third kappa shape index (κ3) is 2.96. The lowest BCUT2D eigenvalue weighted by molar-refractivity contribution is -0.123. The summed E-state index contributed by atoms with van der Waals surface area (Å²) in [5.41, 5.74) is 1.42. The van der Waals surface area contributed by atoms with E-state index in [-0.39, 0.29) is 5.56 Å². The van der Waals surface area contributed by atoms with Crippen molar-refractivity contribution in [1.29, 1.82) is 0 Å². The Hall–Kier alpha value is -2.74. The van der Waals surface area contributed by atoms with Gasteiger partial charge in [0.25, 0.3) is 5.91 Å². The van der Waals surface area contributed by atoms with E-state index in [0.29, 0.717) is 16.2 Å². The highest BCUT2D eigenvalue weighted by molar-refractivity contribution is 7.13. The third-order valence-corrected chi connectivity index (χ3v) is 3.57. The van der Waals surface area contributed by atoms with Crippen LogP contribution in [0.3, 0.4) is 0 Å². The topological polar surface area (TPSA) is 94.3 Å². The predicted molar refractivity (Wildman–Crippen MR) is 79.6 cm³/mol. The summed E-state index contributed by atoms with van der Waals surface area (Å²) in [6.07, 6.45) is 1.93. The van der Waals surface area contributed by atoms with Crippen LogP contribution in [0.4, 0.5) is 5.13 Å². The van der Waals surface area contributed by atoms with Crippen molar-refractivity contribution in [3.05, 3.63) is 41.7 Å². The van der Waals surface area contributed by atoms with Gasteiger partial charge in [-0.1, -0.05) is 0 Å². The van der Waals surface area contributed by atoms with Crippen molar-refractivity contribution in [3.63, 3.8) is 0 Å². The van der Waals surface area contributed by atoms with Crippen LogP contribution >= 0.6 is 11.3 Å². The molecule has 1 amide bonds. The lowest BCUT2D eigenvalue weighted by Crippen LogP contribution is -2.29. The Kier molecular flexibility index (Phi) is 3.84. The van der Waals surface area contributed by atoms with E-state index in [1.54, 1.807) is 23.7 Å². The Labute approximate surface area is 128 Å². The van der Waals surface area contributed by atoms with E-state index < -0.39 is 18.0 Å². The second-order valence-corrected chi connectivity index (χ2v) is 5.30. The third-order valence-electron chi connectivity index (χ3n) is 2.88. The summed E-state index contributed by atoms with van der Waals surface area (Å²) in [5, 5.41) is 4.76. The molecule has 3 rings (SSSR count). The molecule has 7 nitrogen and oxygen atoms in total. The number of fused-ring (bicyclic) bond motifs is 1. The molecule has 0 fully saturated rings. The van der Waals surface area contributed by atoms with Gasteiger partial charge in [-0.3, -0.25) is 10.1 Å². The molecule has 2 aromatic heterocycles. The van der Waals surface area contributed by atoms with Crippen molar-refractivity contribution in [3.8, 4) is 0 Å². The van der Waals surface area contributed by atoms with E-state index in [0.717, 1.165) is 0 Å². The molecule has 3 aromatic rings. The Morgan fingerprint density at radius 2 is 2.23 bits per heavy atom. The fourth-order valence-corrected chi connectivity index (χ4v) is 2.29. The summed E-state index contributed by atoms with van der Waals surface area (Å²) in [4.78, 5) is 31.8. The molecule has 1 aromatic carbocycles. The standard InChI is InChI=1S/C14H11N3O4S/c1-8(12(18)17-14-15-4-5-22-14)21-13(19)9-2-3-10-11(6-9)20-7-16-10/h2-8H,1H3,(H,15,17,18). The van der Waals surface area contributed by atoms with Crippen molar-refractivity contribution >= 4 is 39.4 Å². The number of thiazole rings is 1. The van der Waals surface area contributed by atoms with E-state index in [9.17, 15) is 9.59 Å². The Balaban J connectivity index is 1.66. The van der Waals surface area contributed by atoms with Crippen molar-refractivity contribution in [2.75, 3.05) is 5.32 Å². The minimum absolute atomic E-state index is 0.290. The largest absolute Gasteiger partial charge is 0.449 e. The van der Waals surface area contributed by atoms with Gasteiger partial charge in [-0.15, -0.1) is 11.3 Å². The minimum Gasteiger partial charge on any atom is -0.449 e. The number of carbonyl (C=O) groups is 2. The zero-order valence-corrected chi connectivity index (χ0v) is 12.3. The average molecular weight is 317 g/mol. The highest BCUT2D eigenvalue weighted by Crippen LogP contribution is 2.16. The molecule has 1 N–H and O–H groups in total. The second kappa shape index (κ2) is 5.94. The molecule has 0 bridgehead atoms.